The fraction of sp³-hybridized carbons (Fsp3) is 0.667. The molecule has 1 amide bonds. The molecule has 0 aromatic carbocycles. The summed E-state index contributed by atoms with van der Waals surface area (Å²) in [6.45, 7) is 8.29. The Hall–Kier alpha value is -2.00. The molecule has 0 radical (unpaired) electrons. The average Bonchev–Trinajstić information content (AvgIpc) is 3.15. The zero-order valence-electron chi connectivity index (χ0n) is 14.5. The molecule has 1 aliphatic carbocycles. The number of furan rings is 1. The largest absolute Gasteiger partial charge is 0.449 e. The van der Waals surface area contributed by atoms with Crippen LogP contribution in [0, 0.1) is 23.2 Å². The quantitative estimate of drug-likeness (QED) is 0.921. The number of nitrogens with one attached hydrogen (secondary N) is 1. The Labute approximate surface area is 142 Å². The summed E-state index contributed by atoms with van der Waals surface area (Å²) < 4.78 is 10.8. The van der Waals surface area contributed by atoms with Gasteiger partial charge < -0.3 is 14.5 Å². The van der Waals surface area contributed by atoms with E-state index in [0.717, 1.165) is 31.7 Å². The van der Waals surface area contributed by atoms with Crippen LogP contribution < -0.4 is 5.32 Å². The van der Waals surface area contributed by atoms with Gasteiger partial charge >= 0.3 is 6.09 Å². The Morgan fingerprint density at radius 3 is 2.88 bits per heavy atom. The number of carbonyl (C=O) groups is 1. The first-order valence-electron chi connectivity index (χ1n) is 8.55. The van der Waals surface area contributed by atoms with Crippen molar-refractivity contribution in [2.75, 3.05) is 13.1 Å². The van der Waals surface area contributed by atoms with Gasteiger partial charge in [0.05, 0.1) is 6.54 Å². The third-order valence-corrected chi connectivity index (χ3v) is 4.79. The van der Waals surface area contributed by atoms with E-state index in [1.54, 1.807) is 6.07 Å². The zero-order valence-corrected chi connectivity index (χ0v) is 14.5. The maximum Gasteiger partial charge on any atom is 0.407 e. The molecule has 0 unspecified atom stereocenters. The van der Waals surface area contributed by atoms with E-state index in [1.807, 2.05) is 32.9 Å². The van der Waals surface area contributed by atoms with Crippen LogP contribution in [0.25, 0.3) is 0 Å². The smallest absolute Gasteiger partial charge is 0.407 e. The number of amides is 1. The molecule has 1 saturated carbocycles. The van der Waals surface area contributed by atoms with E-state index in [9.17, 15) is 4.79 Å². The summed E-state index contributed by atoms with van der Waals surface area (Å²) in [6, 6.07) is 5.77. The van der Waals surface area contributed by atoms with Crippen molar-refractivity contribution in [2.45, 2.75) is 51.8 Å². The van der Waals surface area contributed by atoms with Crippen LogP contribution in [-0.2, 0) is 11.3 Å². The Balaban J connectivity index is 1.54. The highest BCUT2D eigenvalue weighted by Crippen LogP contribution is 2.38. The number of nitrogens with zero attached hydrogens (tertiary/aromatic N) is 2. The Morgan fingerprint density at radius 2 is 2.21 bits per heavy atom. The molecular formula is C18H25N3O3. The second-order valence-corrected chi connectivity index (χ2v) is 7.83. The van der Waals surface area contributed by atoms with E-state index in [0.29, 0.717) is 24.1 Å². The Morgan fingerprint density at radius 1 is 1.42 bits per heavy atom. The van der Waals surface area contributed by atoms with E-state index >= 15 is 0 Å². The predicted molar refractivity (Wildman–Crippen MR) is 88.1 cm³/mol. The highest BCUT2D eigenvalue weighted by atomic mass is 16.6. The Kier molecular flexibility index (Phi) is 4.55. The van der Waals surface area contributed by atoms with E-state index in [2.05, 4.69) is 10.2 Å². The number of carbonyl (C=O) groups excluding carboxylic acids is 1. The fourth-order valence-electron chi connectivity index (χ4n) is 3.87. The normalized spacial score (nSPS) is 26.8. The molecule has 6 nitrogen and oxygen atoms in total. The van der Waals surface area contributed by atoms with E-state index in [-0.39, 0.29) is 12.1 Å². The third kappa shape index (κ3) is 3.90. The van der Waals surface area contributed by atoms with Crippen LogP contribution in [0.1, 0.15) is 45.1 Å². The number of likely N-dealkylation sites (tertiary alicyclic amines) is 1. The molecule has 24 heavy (non-hydrogen) atoms. The monoisotopic (exact) mass is 331 g/mol. The van der Waals surface area contributed by atoms with Crippen LogP contribution >= 0.6 is 0 Å². The lowest BCUT2D eigenvalue weighted by atomic mass is 9.98. The molecule has 0 bridgehead atoms. The van der Waals surface area contributed by atoms with Gasteiger partial charge in [-0.2, -0.15) is 5.26 Å². The number of fused-ring (bicyclic) bond motifs is 1. The molecule has 3 rings (SSSR count). The molecule has 1 aliphatic heterocycles. The molecule has 1 aromatic heterocycles. The second-order valence-electron chi connectivity index (χ2n) is 7.83. The SMILES string of the molecule is CC(C)(C)OC(=O)N[C@@H]1CC[C@@H]2CN(Cc3ccc(C#N)o3)C[C@@H]21. The summed E-state index contributed by atoms with van der Waals surface area (Å²) in [5.74, 6) is 2.25. The molecule has 1 aromatic rings. The van der Waals surface area contributed by atoms with Gasteiger partial charge in [-0.25, -0.2) is 4.79 Å². The number of rotatable bonds is 3. The second kappa shape index (κ2) is 6.48. The molecule has 6 heteroatoms. The van der Waals surface area contributed by atoms with Gasteiger partial charge in [-0.1, -0.05) is 0 Å². The van der Waals surface area contributed by atoms with Gasteiger partial charge in [0.25, 0.3) is 0 Å². The maximum atomic E-state index is 12.0. The molecule has 130 valence electrons. The van der Waals surface area contributed by atoms with Gasteiger partial charge in [0.2, 0.25) is 5.76 Å². The van der Waals surface area contributed by atoms with Crippen LogP contribution in [0.4, 0.5) is 4.79 Å². The summed E-state index contributed by atoms with van der Waals surface area (Å²) in [6.07, 6.45) is 1.82. The van der Waals surface area contributed by atoms with E-state index in [1.165, 1.54) is 0 Å². The van der Waals surface area contributed by atoms with Crippen LogP contribution in [-0.4, -0.2) is 35.7 Å². The van der Waals surface area contributed by atoms with Gasteiger partial charge in [-0.05, 0) is 57.6 Å². The number of ether oxygens (including phenoxy) is 1. The number of hydrogen-bond acceptors (Lipinski definition) is 5. The molecule has 2 fully saturated rings. The predicted octanol–water partition coefficient (Wildman–Crippen LogP) is 2.89. The molecule has 0 spiro atoms. The molecular weight excluding hydrogens is 306 g/mol. The molecule has 1 saturated heterocycles. The maximum absolute atomic E-state index is 12.0. The summed E-state index contributed by atoms with van der Waals surface area (Å²) in [4.78, 5) is 14.4. The molecule has 1 N–H and O–H groups in total. The van der Waals surface area contributed by atoms with Crippen molar-refractivity contribution in [1.29, 1.82) is 5.26 Å². The standard InChI is InChI=1S/C18H25N3O3/c1-18(2,3)24-17(22)20-16-7-4-12-9-21(11-15(12)16)10-14-6-5-13(8-19)23-14/h5-6,12,15-16H,4,7,9-11H2,1-3H3,(H,20,22)/t12-,15+,16-/m1/s1. The van der Waals surface area contributed by atoms with Crippen LogP contribution in [0.2, 0.25) is 0 Å². The third-order valence-electron chi connectivity index (χ3n) is 4.79. The minimum atomic E-state index is -0.471. The van der Waals surface area contributed by atoms with Crippen molar-refractivity contribution < 1.29 is 13.9 Å². The summed E-state index contributed by atoms with van der Waals surface area (Å²) in [5, 5.41) is 11.9. The lowest BCUT2D eigenvalue weighted by molar-refractivity contribution is 0.0491. The van der Waals surface area contributed by atoms with Gasteiger partial charge in [-0.15, -0.1) is 0 Å². The van der Waals surface area contributed by atoms with Crippen molar-refractivity contribution in [3.8, 4) is 6.07 Å². The fourth-order valence-corrected chi connectivity index (χ4v) is 3.87. The first-order chi connectivity index (χ1) is 11.3. The minimum absolute atomic E-state index is 0.182. The van der Waals surface area contributed by atoms with Crippen molar-refractivity contribution in [3.05, 3.63) is 23.7 Å². The summed E-state index contributed by atoms with van der Waals surface area (Å²) >= 11 is 0. The van der Waals surface area contributed by atoms with Gasteiger partial charge in [-0.3, -0.25) is 4.90 Å². The highest BCUT2D eigenvalue weighted by Gasteiger charge is 2.43. The summed E-state index contributed by atoms with van der Waals surface area (Å²) in [5.41, 5.74) is -0.471. The van der Waals surface area contributed by atoms with Crippen molar-refractivity contribution in [3.63, 3.8) is 0 Å². The van der Waals surface area contributed by atoms with Crippen LogP contribution in [0.3, 0.4) is 0 Å². The molecule has 2 aliphatic rings. The molecule has 3 atom stereocenters. The average molecular weight is 331 g/mol. The van der Waals surface area contributed by atoms with E-state index in [4.69, 9.17) is 14.4 Å². The Bertz CT molecular complexity index is 641. The minimum Gasteiger partial charge on any atom is -0.449 e. The first-order valence-corrected chi connectivity index (χ1v) is 8.55. The molecule has 2 heterocycles. The lowest BCUT2D eigenvalue weighted by Gasteiger charge is -2.24. The zero-order chi connectivity index (χ0) is 17.3. The van der Waals surface area contributed by atoms with Crippen LogP contribution in [0.15, 0.2) is 16.5 Å². The topological polar surface area (TPSA) is 78.5 Å². The summed E-state index contributed by atoms with van der Waals surface area (Å²) in [7, 11) is 0. The van der Waals surface area contributed by atoms with Crippen LogP contribution in [0.5, 0.6) is 0 Å². The number of nitriles is 1. The highest BCUT2D eigenvalue weighted by molar-refractivity contribution is 5.68. The van der Waals surface area contributed by atoms with E-state index < -0.39 is 5.60 Å². The first kappa shape index (κ1) is 16.8. The van der Waals surface area contributed by atoms with Gasteiger partial charge in [0.15, 0.2) is 0 Å². The lowest BCUT2D eigenvalue weighted by Crippen LogP contribution is -2.42. The number of alkyl carbamates (subject to hydrolysis) is 1. The van der Waals surface area contributed by atoms with Gasteiger partial charge in [0, 0.05) is 19.1 Å². The van der Waals surface area contributed by atoms with Gasteiger partial charge in [0.1, 0.15) is 17.4 Å². The number of hydrogen-bond donors (Lipinski definition) is 1. The van der Waals surface area contributed by atoms with Crippen molar-refractivity contribution in [1.82, 2.24) is 10.2 Å². The van der Waals surface area contributed by atoms with Crippen molar-refractivity contribution >= 4 is 6.09 Å². The van der Waals surface area contributed by atoms with Crippen molar-refractivity contribution in [2.24, 2.45) is 11.8 Å².